The number of phenols is 1. The van der Waals surface area contributed by atoms with Crippen molar-refractivity contribution in [2.45, 2.75) is 12.5 Å². The summed E-state index contributed by atoms with van der Waals surface area (Å²) < 4.78 is 0. The van der Waals surface area contributed by atoms with Crippen LogP contribution in [0.1, 0.15) is 10.4 Å². The Morgan fingerprint density at radius 1 is 1.26 bits per heavy atom. The maximum Gasteiger partial charge on any atom is 0.326 e. The van der Waals surface area contributed by atoms with Crippen LogP contribution in [0.25, 0.3) is 0 Å². The average molecular weight is 381 g/mol. The van der Waals surface area contributed by atoms with Gasteiger partial charge in [-0.1, -0.05) is 23.5 Å². The molecule has 8 nitrogen and oxygen atoms in total. The van der Waals surface area contributed by atoms with Crippen LogP contribution >= 0.6 is 11.3 Å². The second-order valence-corrected chi connectivity index (χ2v) is 6.63. The Morgan fingerprint density at radius 3 is 2.70 bits per heavy atom. The first kappa shape index (κ1) is 18.2. The molecule has 0 unspecified atom stereocenters. The van der Waals surface area contributed by atoms with Gasteiger partial charge in [0.1, 0.15) is 28.6 Å². The fourth-order valence-electron chi connectivity index (χ4n) is 2.35. The van der Waals surface area contributed by atoms with Gasteiger partial charge in [-0.25, -0.2) is 14.8 Å². The Morgan fingerprint density at radius 2 is 2.04 bits per heavy atom. The minimum Gasteiger partial charge on any atom is -0.508 e. The highest BCUT2D eigenvalue weighted by atomic mass is 32.1. The van der Waals surface area contributed by atoms with Crippen molar-refractivity contribution in [1.29, 1.82) is 5.26 Å². The number of rotatable bonds is 7. The van der Waals surface area contributed by atoms with Gasteiger partial charge in [0.05, 0.1) is 6.20 Å². The number of pyridine rings is 1. The molecule has 3 aromatic rings. The first-order chi connectivity index (χ1) is 13.0. The minimum absolute atomic E-state index is 0.130. The summed E-state index contributed by atoms with van der Waals surface area (Å²) in [5.41, 5.74) is 1.36. The topological polar surface area (TPSA) is 131 Å². The van der Waals surface area contributed by atoms with Crippen molar-refractivity contribution in [3.63, 3.8) is 0 Å². The monoisotopic (exact) mass is 381 g/mol. The van der Waals surface area contributed by atoms with Crippen molar-refractivity contribution < 1.29 is 15.0 Å². The molecule has 0 spiro atoms. The van der Waals surface area contributed by atoms with Crippen LogP contribution in [0.15, 0.2) is 48.8 Å². The molecule has 1 aromatic carbocycles. The lowest BCUT2D eigenvalue weighted by atomic mass is 10.1. The number of aromatic hydroxyl groups is 1. The molecule has 2 heterocycles. The fourth-order valence-corrected chi connectivity index (χ4v) is 2.97. The van der Waals surface area contributed by atoms with Crippen LogP contribution in [0.4, 0.5) is 16.6 Å². The molecule has 0 amide bonds. The maximum absolute atomic E-state index is 11.6. The van der Waals surface area contributed by atoms with Gasteiger partial charge in [0, 0.05) is 24.4 Å². The molecule has 0 saturated carbocycles. The van der Waals surface area contributed by atoms with Crippen molar-refractivity contribution in [2.75, 3.05) is 10.6 Å². The molecule has 2 aromatic heterocycles. The molecule has 0 aliphatic carbocycles. The number of nitrogens with one attached hydrogen (secondary N) is 2. The molecule has 9 heteroatoms. The number of anilines is 3. The van der Waals surface area contributed by atoms with Gasteiger partial charge in [-0.05, 0) is 23.8 Å². The van der Waals surface area contributed by atoms with E-state index in [0.717, 1.165) is 5.56 Å². The van der Waals surface area contributed by atoms with Crippen LogP contribution < -0.4 is 10.6 Å². The van der Waals surface area contributed by atoms with Crippen LogP contribution in [-0.4, -0.2) is 32.2 Å². The van der Waals surface area contributed by atoms with Gasteiger partial charge in [0.15, 0.2) is 5.13 Å². The van der Waals surface area contributed by atoms with Crippen molar-refractivity contribution in [2.24, 2.45) is 0 Å². The number of carboxylic acid groups (broad SMARTS) is 1. The SMILES string of the molecule is N#Cc1cnc(Nc2cc(N[C@@H](Cc3ccc(O)cc3)C(=O)O)ccn2)s1. The van der Waals surface area contributed by atoms with E-state index in [4.69, 9.17) is 5.26 Å². The molecule has 0 aliphatic rings. The molecule has 0 saturated heterocycles. The number of phenolic OH excluding ortho intramolecular Hbond substituents is 1. The van der Waals surface area contributed by atoms with E-state index in [9.17, 15) is 15.0 Å². The van der Waals surface area contributed by atoms with Crippen LogP contribution in [0, 0.1) is 11.3 Å². The summed E-state index contributed by atoms with van der Waals surface area (Å²) in [5.74, 6) is -0.384. The number of carbonyl (C=O) groups is 1. The number of hydrogen-bond acceptors (Lipinski definition) is 8. The Kier molecular flexibility index (Phi) is 5.49. The average Bonchev–Trinajstić information content (AvgIpc) is 3.11. The Hall–Kier alpha value is -3.64. The fraction of sp³-hybridized carbons (Fsp3) is 0.111. The summed E-state index contributed by atoms with van der Waals surface area (Å²) in [5, 5.41) is 34.2. The quantitative estimate of drug-likeness (QED) is 0.491. The number of carboxylic acids is 1. The molecular weight excluding hydrogens is 366 g/mol. The predicted octanol–water partition coefficient (Wildman–Crippen LogP) is 2.97. The first-order valence-electron chi connectivity index (χ1n) is 7.90. The molecule has 27 heavy (non-hydrogen) atoms. The number of nitriles is 1. The van der Waals surface area contributed by atoms with E-state index in [1.807, 2.05) is 6.07 Å². The molecule has 0 aliphatic heterocycles. The van der Waals surface area contributed by atoms with Gasteiger partial charge in [0.25, 0.3) is 0 Å². The third-order valence-corrected chi connectivity index (χ3v) is 4.44. The summed E-state index contributed by atoms with van der Waals surface area (Å²) in [7, 11) is 0. The van der Waals surface area contributed by atoms with Crippen LogP contribution in [-0.2, 0) is 11.2 Å². The van der Waals surface area contributed by atoms with Crippen LogP contribution in [0.5, 0.6) is 5.75 Å². The molecule has 0 radical (unpaired) electrons. The smallest absolute Gasteiger partial charge is 0.326 e. The van der Waals surface area contributed by atoms with E-state index < -0.39 is 12.0 Å². The van der Waals surface area contributed by atoms with Gasteiger partial charge in [-0.15, -0.1) is 0 Å². The van der Waals surface area contributed by atoms with E-state index in [0.29, 0.717) is 21.5 Å². The summed E-state index contributed by atoms with van der Waals surface area (Å²) in [4.78, 5) is 20.3. The highest BCUT2D eigenvalue weighted by Gasteiger charge is 2.18. The van der Waals surface area contributed by atoms with Crippen molar-refractivity contribution in [3.8, 4) is 11.8 Å². The van der Waals surface area contributed by atoms with Crippen LogP contribution in [0.3, 0.4) is 0 Å². The van der Waals surface area contributed by atoms with E-state index in [1.165, 1.54) is 29.7 Å². The zero-order valence-electron chi connectivity index (χ0n) is 14.0. The molecule has 3 rings (SSSR count). The molecule has 4 N–H and O–H groups in total. The maximum atomic E-state index is 11.6. The van der Waals surface area contributed by atoms with E-state index in [-0.39, 0.29) is 12.2 Å². The number of nitrogens with zero attached hydrogens (tertiary/aromatic N) is 3. The standard InChI is InChI=1S/C18H15N5O3S/c19-9-14-10-21-18(27-14)23-16-8-12(5-6-20-16)22-15(17(25)26)7-11-1-3-13(24)4-2-11/h1-6,8,10,15,24H,7H2,(H,25,26)(H2,20,21,22,23)/t15-/m0/s1. The van der Waals surface area contributed by atoms with Crippen molar-refractivity contribution in [3.05, 3.63) is 59.2 Å². The first-order valence-corrected chi connectivity index (χ1v) is 8.71. The number of aromatic nitrogens is 2. The lowest BCUT2D eigenvalue weighted by Gasteiger charge is -2.16. The lowest BCUT2D eigenvalue weighted by Crippen LogP contribution is -2.31. The van der Waals surface area contributed by atoms with Gasteiger partial charge < -0.3 is 20.8 Å². The summed E-state index contributed by atoms with van der Waals surface area (Å²) in [6, 6.07) is 10.9. The van der Waals surface area contributed by atoms with Crippen LogP contribution in [0.2, 0.25) is 0 Å². The Labute approximate surface area is 158 Å². The summed E-state index contributed by atoms with van der Waals surface area (Å²) in [6.45, 7) is 0. The third-order valence-electron chi connectivity index (χ3n) is 3.63. The zero-order valence-corrected chi connectivity index (χ0v) is 14.8. The Bertz CT molecular complexity index is 981. The minimum atomic E-state index is -0.993. The van der Waals surface area contributed by atoms with E-state index >= 15 is 0 Å². The normalized spacial score (nSPS) is 11.4. The highest BCUT2D eigenvalue weighted by molar-refractivity contribution is 7.16. The molecule has 136 valence electrons. The van der Waals surface area contributed by atoms with Crippen molar-refractivity contribution in [1.82, 2.24) is 9.97 Å². The van der Waals surface area contributed by atoms with Crippen molar-refractivity contribution >= 4 is 33.9 Å². The molecule has 0 fully saturated rings. The highest BCUT2D eigenvalue weighted by Crippen LogP contribution is 2.23. The van der Waals surface area contributed by atoms with Gasteiger partial charge >= 0.3 is 5.97 Å². The second-order valence-electron chi connectivity index (χ2n) is 5.60. The van der Waals surface area contributed by atoms with Gasteiger partial charge in [0.2, 0.25) is 0 Å². The number of thiazole rings is 1. The predicted molar refractivity (Wildman–Crippen MR) is 101 cm³/mol. The zero-order chi connectivity index (χ0) is 19.2. The van der Waals surface area contributed by atoms with Gasteiger partial charge in [-0.2, -0.15) is 5.26 Å². The van der Waals surface area contributed by atoms with E-state index in [2.05, 4.69) is 20.6 Å². The molecular formula is C18H15N5O3S. The second kappa shape index (κ2) is 8.16. The lowest BCUT2D eigenvalue weighted by molar-refractivity contribution is -0.137. The van der Waals surface area contributed by atoms with E-state index in [1.54, 1.807) is 30.5 Å². The summed E-state index contributed by atoms with van der Waals surface area (Å²) >= 11 is 1.20. The number of benzene rings is 1. The summed E-state index contributed by atoms with van der Waals surface area (Å²) in [6.07, 6.45) is 3.26. The number of aliphatic carboxylic acids is 1. The largest absolute Gasteiger partial charge is 0.508 e. The molecule has 1 atom stereocenters. The third kappa shape index (κ3) is 4.93. The Balaban J connectivity index is 1.71. The number of hydrogen-bond donors (Lipinski definition) is 4. The van der Waals surface area contributed by atoms with Gasteiger partial charge in [-0.3, -0.25) is 0 Å². The molecule has 0 bridgehead atoms.